The molecule has 0 bridgehead atoms. The van der Waals surface area contributed by atoms with Gasteiger partial charge in [-0.1, -0.05) is 0 Å². The van der Waals surface area contributed by atoms with Crippen molar-refractivity contribution in [3.63, 3.8) is 0 Å². The van der Waals surface area contributed by atoms with Crippen LogP contribution in [-0.4, -0.2) is 45.3 Å². The summed E-state index contributed by atoms with van der Waals surface area (Å²) in [7, 11) is 0. The third-order valence-corrected chi connectivity index (χ3v) is 3.80. The van der Waals surface area contributed by atoms with Gasteiger partial charge in [0.2, 0.25) is 0 Å². The second kappa shape index (κ2) is 10.3. The number of rotatable bonds is 9. The summed E-state index contributed by atoms with van der Waals surface area (Å²) in [5, 5.41) is 14.2. The van der Waals surface area contributed by atoms with Crippen LogP contribution in [0.3, 0.4) is 0 Å². The van der Waals surface area contributed by atoms with Gasteiger partial charge in [0, 0.05) is 12.6 Å². The van der Waals surface area contributed by atoms with E-state index in [1.165, 1.54) is 31.5 Å². The highest BCUT2D eigenvalue weighted by atomic mass is 19.1. The summed E-state index contributed by atoms with van der Waals surface area (Å²) >= 11 is 0. The Kier molecular flexibility index (Phi) is 7.79. The second-order valence-electron chi connectivity index (χ2n) is 6.69. The highest BCUT2D eigenvalue weighted by Crippen LogP contribution is 2.33. The smallest absolute Gasteiger partial charge is 0.305 e. The Balaban J connectivity index is 2.31. The van der Waals surface area contributed by atoms with Crippen molar-refractivity contribution in [3.8, 4) is 5.75 Å². The van der Waals surface area contributed by atoms with Crippen LogP contribution in [0, 0.1) is 12.7 Å². The maximum Gasteiger partial charge on any atom is 0.305 e. The summed E-state index contributed by atoms with van der Waals surface area (Å²) < 4.78 is 19.3. The summed E-state index contributed by atoms with van der Waals surface area (Å²) in [6, 6.07) is 4.07. The molecular formula is C20H24FN5O4. The molecule has 0 fully saturated rings. The van der Waals surface area contributed by atoms with Crippen molar-refractivity contribution in [2.45, 2.75) is 40.2 Å². The lowest BCUT2D eigenvalue weighted by atomic mass is 10.2. The number of aliphatic imine (C=N–C) groups is 1. The average Bonchev–Trinajstić information content (AvgIpc) is 2.65. The van der Waals surface area contributed by atoms with Crippen LogP contribution in [0.5, 0.6) is 5.75 Å². The van der Waals surface area contributed by atoms with E-state index in [9.17, 15) is 14.0 Å². The number of benzene rings is 1. The largest absolute Gasteiger partial charge is 0.489 e. The molecule has 1 heterocycles. The van der Waals surface area contributed by atoms with Crippen molar-refractivity contribution in [2.24, 2.45) is 4.99 Å². The molecule has 0 saturated carbocycles. The minimum Gasteiger partial charge on any atom is -0.489 e. The van der Waals surface area contributed by atoms with E-state index in [0.29, 0.717) is 28.6 Å². The topological polar surface area (TPSA) is 126 Å². The first-order chi connectivity index (χ1) is 14.2. The number of hydrogen-bond donors (Lipinski definition) is 3. The predicted molar refractivity (Wildman–Crippen MR) is 110 cm³/mol. The van der Waals surface area contributed by atoms with Crippen molar-refractivity contribution in [2.75, 3.05) is 11.9 Å². The molecule has 1 aromatic heterocycles. The lowest BCUT2D eigenvalue weighted by Crippen LogP contribution is -2.31. The van der Waals surface area contributed by atoms with E-state index in [1.807, 2.05) is 13.8 Å². The number of amides is 1. The van der Waals surface area contributed by atoms with Gasteiger partial charge in [0.1, 0.15) is 29.3 Å². The number of nitrogens with one attached hydrogen (secondary N) is 2. The first-order valence-electron chi connectivity index (χ1n) is 9.27. The van der Waals surface area contributed by atoms with E-state index < -0.39 is 17.7 Å². The second-order valence-corrected chi connectivity index (χ2v) is 6.69. The van der Waals surface area contributed by atoms with Gasteiger partial charge in [-0.2, -0.15) is 0 Å². The van der Waals surface area contributed by atoms with Crippen LogP contribution >= 0.6 is 0 Å². The summed E-state index contributed by atoms with van der Waals surface area (Å²) in [4.78, 5) is 35.4. The molecule has 0 unspecified atom stereocenters. The number of hydrogen-bond acceptors (Lipinski definition) is 7. The fraction of sp³-hybridized carbons (Fsp3) is 0.350. The van der Waals surface area contributed by atoms with Gasteiger partial charge in [-0.05, 0) is 39.8 Å². The molecule has 0 radical (unpaired) electrons. The molecule has 10 heteroatoms. The normalized spacial score (nSPS) is 11.3. The van der Waals surface area contributed by atoms with Crippen molar-refractivity contribution in [1.82, 2.24) is 15.3 Å². The van der Waals surface area contributed by atoms with Gasteiger partial charge in [0.05, 0.1) is 23.9 Å². The number of nitrogens with zero attached hydrogens (tertiary/aromatic N) is 3. The highest BCUT2D eigenvalue weighted by Gasteiger charge is 2.15. The lowest BCUT2D eigenvalue weighted by molar-refractivity contribution is -0.136. The molecule has 0 atom stereocenters. The number of carbonyl (C=O) groups is 2. The zero-order valence-corrected chi connectivity index (χ0v) is 17.2. The van der Waals surface area contributed by atoms with Crippen LogP contribution in [-0.2, 0) is 9.59 Å². The summed E-state index contributed by atoms with van der Waals surface area (Å²) in [6.07, 6.45) is 0.974. The number of aliphatic carboxylic acids is 1. The van der Waals surface area contributed by atoms with E-state index >= 15 is 0 Å². The van der Waals surface area contributed by atoms with Gasteiger partial charge in [0.25, 0.3) is 5.91 Å². The SMILES string of the molecule is CC(=Nc1c(C)ncnc1Nc1ccc(F)cc1OC(C)C)C(=O)NCCC(=O)O. The number of aryl methyl sites for hydroxylation is 1. The van der Waals surface area contributed by atoms with Crippen LogP contribution in [0.1, 0.15) is 32.9 Å². The molecule has 1 amide bonds. The monoisotopic (exact) mass is 417 g/mol. The Bertz CT molecular complexity index is 962. The molecule has 0 saturated heterocycles. The zero-order valence-electron chi connectivity index (χ0n) is 17.2. The summed E-state index contributed by atoms with van der Waals surface area (Å²) in [6.45, 7) is 6.84. The average molecular weight is 417 g/mol. The molecule has 2 rings (SSSR count). The van der Waals surface area contributed by atoms with Crippen LogP contribution in [0.4, 0.5) is 21.6 Å². The number of anilines is 2. The maximum atomic E-state index is 13.7. The van der Waals surface area contributed by atoms with E-state index in [4.69, 9.17) is 9.84 Å². The number of carboxylic acid groups (broad SMARTS) is 1. The number of carboxylic acids is 1. The minimum absolute atomic E-state index is 0.0120. The molecule has 0 spiro atoms. The molecule has 0 aliphatic carbocycles. The van der Waals surface area contributed by atoms with E-state index in [-0.39, 0.29) is 24.8 Å². The van der Waals surface area contributed by atoms with Gasteiger partial charge in [0.15, 0.2) is 5.82 Å². The Morgan fingerprint density at radius 1 is 1.30 bits per heavy atom. The lowest BCUT2D eigenvalue weighted by Gasteiger charge is -2.16. The molecular weight excluding hydrogens is 393 g/mol. The molecule has 1 aromatic carbocycles. The van der Waals surface area contributed by atoms with Crippen molar-refractivity contribution >= 4 is 34.8 Å². The molecule has 160 valence electrons. The van der Waals surface area contributed by atoms with Gasteiger partial charge in [-0.25, -0.2) is 19.4 Å². The van der Waals surface area contributed by atoms with Crippen LogP contribution in [0.15, 0.2) is 29.5 Å². The quantitative estimate of drug-likeness (QED) is 0.535. The Labute approximate surface area is 173 Å². The van der Waals surface area contributed by atoms with Crippen molar-refractivity contribution in [1.29, 1.82) is 0 Å². The minimum atomic E-state index is -1.01. The number of ether oxygens (including phenoxy) is 1. The molecule has 0 aliphatic rings. The fourth-order valence-corrected chi connectivity index (χ4v) is 2.40. The van der Waals surface area contributed by atoms with E-state index in [1.54, 1.807) is 6.92 Å². The standard InChI is InChI=1S/C20H24FN5O4/c1-11(2)30-16-9-14(21)5-6-15(16)26-19-18(12(3)23-10-24-19)25-13(4)20(29)22-8-7-17(27)28/h5-6,9-11H,7-8H2,1-4H3,(H,22,29)(H,27,28)(H,23,24,26). The van der Waals surface area contributed by atoms with Crippen LogP contribution < -0.4 is 15.4 Å². The van der Waals surface area contributed by atoms with Gasteiger partial charge < -0.3 is 20.5 Å². The third-order valence-electron chi connectivity index (χ3n) is 3.80. The number of carbonyl (C=O) groups excluding carboxylic acids is 1. The first kappa shape index (κ1) is 22.7. The summed E-state index contributed by atoms with van der Waals surface area (Å²) in [5.41, 5.74) is 1.42. The van der Waals surface area contributed by atoms with Crippen LogP contribution in [0.2, 0.25) is 0 Å². The molecule has 3 N–H and O–H groups in total. The molecule has 2 aromatic rings. The van der Waals surface area contributed by atoms with Gasteiger partial charge in [-0.3, -0.25) is 9.59 Å². The number of aromatic nitrogens is 2. The highest BCUT2D eigenvalue weighted by molar-refractivity contribution is 6.38. The van der Waals surface area contributed by atoms with Gasteiger partial charge in [-0.15, -0.1) is 0 Å². The van der Waals surface area contributed by atoms with Gasteiger partial charge >= 0.3 is 5.97 Å². The maximum absolute atomic E-state index is 13.7. The Morgan fingerprint density at radius 3 is 2.70 bits per heavy atom. The van der Waals surface area contributed by atoms with E-state index in [2.05, 4.69) is 25.6 Å². The summed E-state index contributed by atoms with van der Waals surface area (Å²) in [5.74, 6) is -1.35. The molecule has 9 nitrogen and oxygen atoms in total. The zero-order chi connectivity index (χ0) is 22.3. The predicted octanol–water partition coefficient (Wildman–Crippen LogP) is 3.14. The molecule has 30 heavy (non-hydrogen) atoms. The van der Waals surface area contributed by atoms with E-state index in [0.717, 1.165) is 0 Å². The Morgan fingerprint density at radius 2 is 2.03 bits per heavy atom. The molecule has 0 aliphatic heterocycles. The first-order valence-corrected chi connectivity index (χ1v) is 9.27. The fourth-order valence-electron chi connectivity index (χ4n) is 2.40. The van der Waals surface area contributed by atoms with Crippen molar-refractivity contribution in [3.05, 3.63) is 36.0 Å². The Hall–Kier alpha value is -3.56. The third kappa shape index (κ3) is 6.50. The number of halogens is 1. The van der Waals surface area contributed by atoms with Crippen LogP contribution in [0.25, 0.3) is 0 Å². The van der Waals surface area contributed by atoms with Crippen molar-refractivity contribution < 1.29 is 23.8 Å².